The summed E-state index contributed by atoms with van der Waals surface area (Å²) in [6, 6.07) is 11.0. The molecule has 0 bridgehead atoms. The van der Waals surface area contributed by atoms with Gasteiger partial charge in [0.1, 0.15) is 5.82 Å². The first kappa shape index (κ1) is 20.4. The second-order valence-corrected chi connectivity index (χ2v) is 8.87. The molecule has 0 radical (unpaired) electrons. The van der Waals surface area contributed by atoms with Crippen molar-refractivity contribution in [3.63, 3.8) is 0 Å². The second kappa shape index (κ2) is 8.55. The zero-order chi connectivity index (χ0) is 21.4. The molecule has 158 valence electrons. The number of hydrogen-bond acceptors (Lipinski definition) is 4. The molecule has 7 heteroatoms. The normalized spacial score (nSPS) is 15.7. The molecule has 1 aliphatic carbocycles. The number of benzene rings is 1. The summed E-state index contributed by atoms with van der Waals surface area (Å²) in [5, 5.41) is 0. The summed E-state index contributed by atoms with van der Waals surface area (Å²) in [7, 11) is 0. The number of allylic oxidation sites excluding steroid dienone is 1. The number of aromatic nitrogens is 2. The molecule has 1 fully saturated rings. The van der Waals surface area contributed by atoms with Gasteiger partial charge in [0.25, 0.3) is 5.56 Å². The molecule has 31 heavy (non-hydrogen) atoms. The zero-order valence-corrected chi connectivity index (χ0v) is 19.0. The Bertz CT molecular complexity index is 1230. The van der Waals surface area contributed by atoms with Crippen LogP contribution in [0.3, 0.4) is 0 Å². The maximum Gasteiger partial charge on any atom is 0.251 e. The largest absolute Gasteiger partial charge is 0.378 e. The Balaban J connectivity index is 1.43. The van der Waals surface area contributed by atoms with Crippen molar-refractivity contribution in [2.75, 3.05) is 31.2 Å². The molecule has 5 rings (SSSR count). The topological polar surface area (TPSA) is 47.4 Å². The number of halogens is 2. The van der Waals surface area contributed by atoms with Crippen LogP contribution in [0, 0.1) is 9.39 Å². The molecule has 0 amide bonds. The highest BCUT2D eigenvalue weighted by Crippen LogP contribution is 2.33. The van der Waals surface area contributed by atoms with Gasteiger partial charge in [-0.1, -0.05) is 18.2 Å². The fraction of sp³-hybridized carbons (Fsp3) is 0.250. The highest BCUT2D eigenvalue weighted by atomic mass is 127. The number of anilines is 1. The van der Waals surface area contributed by atoms with E-state index in [1.54, 1.807) is 30.5 Å². The van der Waals surface area contributed by atoms with E-state index in [4.69, 9.17) is 4.74 Å². The van der Waals surface area contributed by atoms with E-state index in [-0.39, 0.29) is 17.9 Å². The second-order valence-electron chi connectivity index (χ2n) is 7.70. The van der Waals surface area contributed by atoms with Gasteiger partial charge in [0.05, 0.1) is 37.3 Å². The quantitative estimate of drug-likeness (QED) is 0.482. The Kier molecular flexibility index (Phi) is 5.62. The molecule has 0 atom stereocenters. The molecule has 0 saturated carbocycles. The molecule has 0 unspecified atom stereocenters. The minimum absolute atomic E-state index is 0.151. The maximum atomic E-state index is 14.3. The number of rotatable bonds is 4. The Labute approximate surface area is 193 Å². The van der Waals surface area contributed by atoms with Crippen LogP contribution in [0.15, 0.2) is 59.7 Å². The zero-order valence-electron chi connectivity index (χ0n) is 16.9. The van der Waals surface area contributed by atoms with Crippen molar-refractivity contribution in [1.82, 2.24) is 9.55 Å². The van der Waals surface area contributed by atoms with Crippen LogP contribution < -0.4 is 10.5 Å². The van der Waals surface area contributed by atoms with E-state index in [9.17, 15) is 9.18 Å². The number of nitrogens with zero attached hydrogens (tertiary/aromatic N) is 3. The van der Waals surface area contributed by atoms with E-state index in [0.29, 0.717) is 9.13 Å². The SMILES string of the molecule is O=c1cc(C2=CCc3ncc(N4CCOCC4)cc32)ccn1Cc1cccc(I)c1F. The summed E-state index contributed by atoms with van der Waals surface area (Å²) < 4.78 is 21.9. The van der Waals surface area contributed by atoms with Crippen LogP contribution in [-0.2, 0) is 17.7 Å². The van der Waals surface area contributed by atoms with Crippen molar-refractivity contribution in [3.8, 4) is 0 Å². The lowest BCUT2D eigenvalue weighted by Crippen LogP contribution is -2.36. The molecule has 1 aliphatic heterocycles. The summed E-state index contributed by atoms with van der Waals surface area (Å²) in [5.74, 6) is -0.270. The minimum atomic E-state index is -0.270. The number of fused-ring (bicyclic) bond motifs is 1. The third-order valence-electron chi connectivity index (χ3n) is 5.80. The minimum Gasteiger partial charge on any atom is -0.378 e. The van der Waals surface area contributed by atoms with Crippen LogP contribution in [-0.4, -0.2) is 35.9 Å². The number of ether oxygens (including phenoxy) is 1. The van der Waals surface area contributed by atoms with Crippen molar-refractivity contribution in [1.29, 1.82) is 0 Å². The highest BCUT2D eigenvalue weighted by Gasteiger charge is 2.20. The van der Waals surface area contributed by atoms with Gasteiger partial charge in [-0.05, 0) is 51.9 Å². The van der Waals surface area contributed by atoms with E-state index >= 15 is 0 Å². The van der Waals surface area contributed by atoms with E-state index in [1.165, 1.54) is 4.57 Å². The predicted molar refractivity (Wildman–Crippen MR) is 127 cm³/mol. The molecule has 0 spiro atoms. The van der Waals surface area contributed by atoms with Gasteiger partial charge in [0.15, 0.2) is 0 Å². The van der Waals surface area contributed by atoms with Crippen molar-refractivity contribution < 1.29 is 9.13 Å². The van der Waals surface area contributed by atoms with Crippen molar-refractivity contribution in [2.24, 2.45) is 0 Å². The van der Waals surface area contributed by atoms with Gasteiger partial charge in [-0.3, -0.25) is 9.78 Å². The lowest BCUT2D eigenvalue weighted by atomic mass is 10.0. The smallest absolute Gasteiger partial charge is 0.251 e. The number of hydrogen-bond donors (Lipinski definition) is 0. The number of morpholine rings is 1. The van der Waals surface area contributed by atoms with Crippen LogP contribution in [0.5, 0.6) is 0 Å². The standard InChI is InChI=1S/C24H21FIN3O2/c25-24-17(2-1-3-21(24)26)15-29-7-6-16(12-23(29)30)19-4-5-22-20(19)13-18(14-27-22)28-8-10-31-11-9-28/h1-4,6-7,12-14H,5,8-11,15H2. The van der Waals surface area contributed by atoms with Crippen molar-refractivity contribution in [2.45, 2.75) is 13.0 Å². The van der Waals surface area contributed by atoms with Gasteiger partial charge in [0.2, 0.25) is 0 Å². The van der Waals surface area contributed by atoms with E-state index in [2.05, 4.69) is 22.0 Å². The number of pyridine rings is 2. The third-order valence-corrected chi connectivity index (χ3v) is 6.63. The van der Waals surface area contributed by atoms with Crippen LogP contribution >= 0.6 is 22.6 Å². The fourth-order valence-electron chi connectivity index (χ4n) is 4.11. The van der Waals surface area contributed by atoms with Gasteiger partial charge < -0.3 is 14.2 Å². The fourth-order valence-corrected chi connectivity index (χ4v) is 4.67. The molecule has 2 aliphatic rings. The first-order chi connectivity index (χ1) is 15.1. The first-order valence-electron chi connectivity index (χ1n) is 10.3. The van der Waals surface area contributed by atoms with Crippen LogP contribution in [0.4, 0.5) is 10.1 Å². The lowest BCUT2D eigenvalue weighted by Gasteiger charge is -2.29. The van der Waals surface area contributed by atoms with Gasteiger partial charge in [-0.25, -0.2) is 4.39 Å². The Morgan fingerprint density at radius 1 is 1.16 bits per heavy atom. The lowest BCUT2D eigenvalue weighted by molar-refractivity contribution is 0.122. The summed E-state index contributed by atoms with van der Waals surface area (Å²) >= 11 is 1.96. The van der Waals surface area contributed by atoms with Gasteiger partial charge in [-0.2, -0.15) is 0 Å². The Morgan fingerprint density at radius 2 is 2.00 bits per heavy atom. The molecule has 0 N–H and O–H groups in total. The Hall–Kier alpha value is -2.52. The van der Waals surface area contributed by atoms with Crippen LogP contribution in [0.2, 0.25) is 0 Å². The van der Waals surface area contributed by atoms with Crippen molar-refractivity contribution >= 4 is 33.9 Å². The van der Waals surface area contributed by atoms with Gasteiger partial charge in [-0.15, -0.1) is 0 Å². The van der Waals surface area contributed by atoms with E-state index in [0.717, 1.165) is 60.8 Å². The average Bonchev–Trinajstić information content (AvgIpc) is 3.22. The summed E-state index contributed by atoms with van der Waals surface area (Å²) in [6.45, 7) is 3.35. The molecule has 5 nitrogen and oxygen atoms in total. The molecule has 3 heterocycles. The first-order valence-corrected chi connectivity index (χ1v) is 11.3. The molecule has 1 aromatic carbocycles. The van der Waals surface area contributed by atoms with Crippen LogP contribution in [0.1, 0.15) is 22.4 Å². The third kappa shape index (κ3) is 4.04. The summed E-state index contributed by atoms with van der Waals surface area (Å²) in [4.78, 5) is 19.7. The highest BCUT2D eigenvalue weighted by molar-refractivity contribution is 14.1. The molecule has 3 aromatic rings. The van der Waals surface area contributed by atoms with E-state index < -0.39 is 0 Å². The molecule has 2 aromatic heterocycles. The predicted octanol–water partition coefficient (Wildman–Crippen LogP) is 3.86. The molecule has 1 saturated heterocycles. The van der Waals surface area contributed by atoms with E-state index in [1.807, 2.05) is 34.9 Å². The van der Waals surface area contributed by atoms with Crippen molar-refractivity contribution in [3.05, 3.63) is 97.0 Å². The summed E-state index contributed by atoms with van der Waals surface area (Å²) in [5.41, 5.74) is 5.43. The maximum absolute atomic E-state index is 14.3. The molecular formula is C24H21FIN3O2. The monoisotopic (exact) mass is 529 g/mol. The Morgan fingerprint density at radius 3 is 2.81 bits per heavy atom. The molecular weight excluding hydrogens is 508 g/mol. The average molecular weight is 529 g/mol. The van der Waals surface area contributed by atoms with Crippen LogP contribution in [0.25, 0.3) is 5.57 Å². The summed E-state index contributed by atoms with van der Waals surface area (Å²) in [6.07, 6.45) is 6.55. The van der Waals surface area contributed by atoms with Gasteiger partial charge >= 0.3 is 0 Å². The van der Waals surface area contributed by atoms with Gasteiger partial charge in [0, 0.05) is 46.5 Å².